The lowest BCUT2D eigenvalue weighted by Gasteiger charge is -2.15. The van der Waals surface area contributed by atoms with Crippen molar-refractivity contribution < 1.29 is 22.7 Å². The molecular formula is C20H16ClF3N4O2. The van der Waals surface area contributed by atoms with Gasteiger partial charge in [0.2, 0.25) is 11.8 Å². The second-order valence-corrected chi connectivity index (χ2v) is 6.60. The molecule has 0 bridgehead atoms. The Morgan fingerprint density at radius 3 is 2.57 bits per heavy atom. The molecule has 0 fully saturated rings. The number of aromatic nitrogens is 2. The van der Waals surface area contributed by atoms with E-state index in [-0.39, 0.29) is 17.3 Å². The molecule has 0 unspecified atom stereocenters. The van der Waals surface area contributed by atoms with E-state index in [1.807, 2.05) is 6.92 Å². The minimum absolute atomic E-state index is 0.0582. The number of alkyl halides is 3. The van der Waals surface area contributed by atoms with E-state index in [0.717, 1.165) is 5.56 Å². The number of hydrogen-bond donors (Lipinski definition) is 2. The molecule has 0 radical (unpaired) electrons. The van der Waals surface area contributed by atoms with Crippen molar-refractivity contribution in [1.29, 1.82) is 0 Å². The van der Waals surface area contributed by atoms with Gasteiger partial charge in [0.15, 0.2) is 0 Å². The summed E-state index contributed by atoms with van der Waals surface area (Å²) in [5.74, 6) is -1.50. The molecule has 10 heteroatoms. The van der Waals surface area contributed by atoms with Gasteiger partial charge in [0.25, 0.3) is 5.91 Å². The Kier molecular flexibility index (Phi) is 6.12. The first kappa shape index (κ1) is 21.4. The summed E-state index contributed by atoms with van der Waals surface area (Å²) in [6.07, 6.45) is -4.16. The Morgan fingerprint density at radius 2 is 1.90 bits per heavy atom. The summed E-state index contributed by atoms with van der Waals surface area (Å²) < 4.78 is 45.8. The highest BCUT2D eigenvalue weighted by molar-refractivity contribution is 6.33. The lowest BCUT2D eigenvalue weighted by Crippen LogP contribution is -2.19. The van der Waals surface area contributed by atoms with Gasteiger partial charge in [-0.25, -0.2) is 4.98 Å². The zero-order valence-corrected chi connectivity index (χ0v) is 16.6. The summed E-state index contributed by atoms with van der Waals surface area (Å²) in [4.78, 5) is 19.6. The van der Waals surface area contributed by atoms with Crippen LogP contribution in [-0.4, -0.2) is 22.9 Å². The standard InChI is InChI=1S/C20H16ClF3N4O2/c1-11-7-8-15(14(21)9-11)27-19-26-10-13(20(22,23)24)18(28-19)30-16-6-4-3-5-12(16)17(29)25-2/h3-10H,1-2H3,(H,25,29)(H,26,27,28). The van der Waals surface area contributed by atoms with Crippen LogP contribution in [0.25, 0.3) is 0 Å². The monoisotopic (exact) mass is 436 g/mol. The molecule has 2 N–H and O–H groups in total. The summed E-state index contributed by atoms with van der Waals surface area (Å²) in [6.45, 7) is 1.85. The second kappa shape index (κ2) is 8.58. The zero-order valence-electron chi connectivity index (χ0n) is 15.8. The molecule has 0 saturated carbocycles. The SMILES string of the molecule is CNC(=O)c1ccccc1Oc1nc(Nc2ccc(C)cc2Cl)ncc1C(F)(F)F. The van der Waals surface area contributed by atoms with Gasteiger partial charge in [0.05, 0.1) is 16.3 Å². The molecule has 6 nitrogen and oxygen atoms in total. The number of amides is 1. The molecule has 1 amide bonds. The van der Waals surface area contributed by atoms with Crippen LogP contribution in [0.1, 0.15) is 21.5 Å². The topological polar surface area (TPSA) is 76.1 Å². The Bertz CT molecular complexity index is 1090. The number of anilines is 2. The smallest absolute Gasteiger partial charge is 0.423 e. The maximum Gasteiger partial charge on any atom is 0.423 e. The molecule has 0 atom stereocenters. The Labute approximate surface area is 175 Å². The summed E-state index contributed by atoms with van der Waals surface area (Å²) in [6, 6.07) is 11.0. The highest BCUT2D eigenvalue weighted by atomic mass is 35.5. The Hall–Kier alpha value is -3.33. The van der Waals surface area contributed by atoms with Gasteiger partial charge in [-0.2, -0.15) is 18.2 Å². The minimum atomic E-state index is -4.77. The molecule has 0 aliphatic carbocycles. The van der Waals surface area contributed by atoms with Crippen LogP contribution in [0.15, 0.2) is 48.7 Å². The molecule has 3 aromatic rings. The number of aryl methyl sites for hydroxylation is 1. The van der Waals surface area contributed by atoms with E-state index in [1.54, 1.807) is 24.3 Å². The maximum atomic E-state index is 13.5. The maximum absolute atomic E-state index is 13.5. The average molecular weight is 437 g/mol. The predicted molar refractivity (Wildman–Crippen MR) is 106 cm³/mol. The second-order valence-electron chi connectivity index (χ2n) is 6.20. The van der Waals surface area contributed by atoms with E-state index in [4.69, 9.17) is 16.3 Å². The number of carbonyl (C=O) groups excluding carboxylic acids is 1. The average Bonchev–Trinajstić information content (AvgIpc) is 2.69. The number of hydrogen-bond acceptors (Lipinski definition) is 5. The first-order valence-corrected chi connectivity index (χ1v) is 9.03. The van der Waals surface area contributed by atoms with Crippen molar-refractivity contribution in [1.82, 2.24) is 15.3 Å². The van der Waals surface area contributed by atoms with Crippen LogP contribution in [0.5, 0.6) is 11.6 Å². The molecular weight excluding hydrogens is 421 g/mol. The van der Waals surface area contributed by atoms with E-state index < -0.39 is 23.5 Å². The van der Waals surface area contributed by atoms with Crippen molar-refractivity contribution in [3.05, 3.63) is 70.4 Å². The van der Waals surface area contributed by atoms with E-state index in [0.29, 0.717) is 16.9 Å². The summed E-state index contributed by atoms with van der Waals surface area (Å²) >= 11 is 6.15. The number of nitrogens with zero attached hydrogens (tertiary/aromatic N) is 2. The van der Waals surface area contributed by atoms with E-state index in [1.165, 1.54) is 25.2 Å². The predicted octanol–water partition coefficient (Wildman–Crippen LogP) is 5.35. The van der Waals surface area contributed by atoms with Gasteiger partial charge in [0.1, 0.15) is 11.3 Å². The zero-order chi connectivity index (χ0) is 21.9. The van der Waals surface area contributed by atoms with Crippen molar-refractivity contribution in [2.24, 2.45) is 0 Å². The van der Waals surface area contributed by atoms with Crippen LogP contribution < -0.4 is 15.4 Å². The number of benzene rings is 2. The largest absolute Gasteiger partial charge is 0.437 e. The molecule has 30 heavy (non-hydrogen) atoms. The van der Waals surface area contributed by atoms with Crippen LogP contribution in [0.4, 0.5) is 24.8 Å². The number of para-hydroxylation sites is 1. The molecule has 1 heterocycles. The molecule has 0 spiro atoms. The highest BCUT2D eigenvalue weighted by Crippen LogP contribution is 2.38. The lowest BCUT2D eigenvalue weighted by atomic mass is 10.2. The fourth-order valence-electron chi connectivity index (χ4n) is 2.52. The van der Waals surface area contributed by atoms with Crippen molar-refractivity contribution >= 4 is 29.1 Å². The van der Waals surface area contributed by atoms with Gasteiger partial charge >= 0.3 is 6.18 Å². The Balaban J connectivity index is 2.02. The lowest BCUT2D eigenvalue weighted by molar-refractivity contribution is -0.139. The quantitative estimate of drug-likeness (QED) is 0.563. The fraction of sp³-hybridized carbons (Fsp3) is 0.150. The van der Waals surface area contributed by atoms with Gasteiger partial charge in [-0.3, -0.25) is 4.79 Å². The number of nitrogens with one attached hydrogen (secondary N) is 2. The Morgan fingerprint density at radius 1 is 1.17 bits per heavy atom. The molecule has 2 aromatic carbocycles. The van der Waals surface area contributed by atoms with Gasteiger partial charge in [-0.1, -0.05) is 29.8 Å². The summed E-state index contributed by atoms with van der Waals surface area (Å²) in [5.41, 5.74) is 0.199. The fourth-order valence-corrected chi connectivity index (χ4v) is 2.81. The molecule has 1 aromatic heterocycles. The molecule has 0 aliphatic heterocycles. The van der Waals surface area contributed by atoms with E-state index >= 15 is 0 Å². The van der Waals surface area contributed by atoms with E-state index in [9.17, 15) is 18.0 Å². The van der Waals surface area contributed by atoms with Crippen molar-refractivity contribution in [3.8, 4) is 11.6 Å². The molecule has 156 valence electrons. The van der Waals surface area contributed by atoms with E-state index in [2.05, 4.69) is 20.6 Å². The molecule has 0 aliphatic rings. The van der Waals surface area contributed by atoms with Crippen LogP contribution in [-0.2, 0) is 6.18 Å². The van der Waals surface area contributed by atoms with Crippen LogP contribution in [0, 0.1) is 6.92 Å². The normalized spacial score (nSPS) is 11.1. The number of carbonyl (C=O) groups is 1. The van der Waals surface area contributed by atoms with Gasteiger partial charge in [-0.15, -0.1) is 0 Å². The summed E-state index contributed by atoms with van der Waals surface area (Å²) in [5, 5.41) is 5.53. The van der Waals surface area contributed by atoms with Crippen molar-refractivity contribution in [3.63, 3.8) is 0 Å². The van der Waals surface area contributed by atoms with Crippen LogP contribution in [0.3, 0.4) is 0 Å². The van der Waals surface area contributed by atoms with Crippen LogP contribution >= 0.6 is 11.6 Å². The highest BCUT2D eigenvalue weighted by Gasteiger charge is 2.37. The third-order valence-corrected chi connectivity index (χ3v) is 4.31. The van der Waals surface area contributed by atoms with Gasteiger partial charge < -0.3 is 15.4 Å². The molecule has 0 saturated heterocycles. The third-order valence-electron chi connectivity index (χ3n) is 4.00. The van der Waals surface area contributed by atoms with Crippen LogP contribution in [0.2, 0.25) is 5.02 Å². The van der Waals surface area contributed by atoms with Gasteiger partial charge in [0, 0.05) is 13.2 Å². The third kappa shape index (κ3) is 4.80. The number of ether oxygens (including phenoxy) is 1. The van der Waals surface area contributed by atoms with Gasteiger partial charge in [-0.05, 0) is 36.8 Å². The first-order chi connectivity index (χ1) is 14.2. The van der Waals surface area contributed by atoms with Crippen molar-refractivity contribution in [2.75, 3.05) is 12.4 Å². The summed E-state index contributed by atoms with van der Waals surface area (Å²) in [7, 11) is 1.40. The minimum Gasteiger partial charge on any atom is -0.437 e. The number of rotatable bonds is 5. The number of halogens is 4. The first-order valence-electron chi connectivity index (χ1n) is 8.65. The molecule has 3 rings (SSSR count). The van der Waals surface area contributed by atoms with Crippen molar-refractivity contribution in [2.45, 2.75) is 13.1 Å².